The van der Waals surface area contributed by atoms with Crippen molar-refractivity contribution in [2.75, 3.05) is 0 Å². The maximum atomic E-state index is 12.0. The summed E-state index contributed by atoms with van der Waals surface area (Å²) in [4.78, 5) is 28.0. The minimum Gasteiger partial charge on any atom is -0.472 e. The largest absolute Gasteiger partial charge is 0.472 e. The summed E-state index contributed by atoms with van der Waals surface area (Å²) in [5.74, 6) is -0.519. The highest BCUT2D eigenvalue weighted by molar-refractivity contribution is 5.88. The van der Waals surface area contributed by atoms with E-state index in [4.69, 9.17) is 9.15 Å². The number of aromatic nitrogens is 2. The van der Waals surface area contributed by atoms with Crippen LogP contribution in [0.3, 0.4) is 0 Å². The van der Waals surface area contributed by atoms with E-state index < -0.39 is 5.97 Å². The molecule has 0 aromatic carbocycles. The fraction of sp³-hybridized carbons (Fsp3) is 0.133. The summed E-state index contributed by atoms with van der Waals surface area (Å²) in [6.07, 6.45) is 4.36. The summed E-state index contributed by atoms with van der Waals surface area (Å²) >= 11 is 0. The van der Waals surface area contributed by atoms with Crippen LogP contribution >= 0.6 is 0 Å². The number of hydrogen-bond donors (Lipinski definition) is 0. The molecule has 0 saturated carbocycles. The Balaban J connectivity index is 1.84. The van der Waals surface area contributed by atoms with Crippen molar-refractivity contribution < 1.29 is 13.9 Å². The van der Waals surface area contributed by atoms with E-state index in [9.17, 15) is 9.59 Å². The van der Waals surface area contributed by atoms with Gasteiger partial charge in [0.05, 0.1) is 17.5 Å². The van der Waals surface area contributed by atoms with Crippen molar-refractivity contribution >= 4 is 11.6 Å². The van der Waals surface area contributed by atoms with Gasteiger partial charge in [-0.05, 0) is 30.7 Å². The minimum absolute atomic E-state index is 0.0658. The van der Waals surface area contributed by atoms with E-state index in [2.05, 4.69) is 4.98 Å². The zero-order chi connectivity index (χ0) is 14.8. The summed E-state index contributed by atoms with van der Waals surface area (Å²) in [6.45, 7) is 1.85. The predicted molar refractivity (Wildman–Crippen MR) is 74.0 cm³/mol. The predicted octanol–water partition coefficient (Wildman–Crippen LogP) is 1.95. The first-order valence-electron chi connectivity index (χ1n) is 6.32. The zero-order valence-electron chi connectivity index (χ0n) is 11.3. The Morgan fingerprint density at radius 1 is 1.38 bits per heavy atom. The molecule has 21 heavy (non-hydrogen) atoms. The molecular weight excluding hydrogens is 272 g/mol. The molecule has 0 fully saturated rings. The minimum atomic E-state index is -0.519. The number of carbonyl (C=O) groups excluding carboxylic acids is 1. The lowest BCUT2D eigenvalue weighted by Gasteiger charge is -2.05. The van der Waals surface area contributed by atoms with Crippen molar-refractivity contribution in [3.63, 3.8) is 0 Å². The first kappa shape index (κ1) is 13.1. The van der Waals surface area contributed by atoms with Crippen LogP contribution in [0.15, 0.2) is 52.2 Å². The third-order valence-corrected chi connectivity index (χ3v) is 2.98. The van der Waals surface area contributed by atoms with Crippen LogP contribution in [0.25, 0.3) is 5.65 Å². The average molecular weight is 284 g/mol. The van der Waals surface area contributed by atoms with Crippen LogP contribution in [0, 0.1) is 6.92 Å². The number of aryl methyl sites for hydroxylation is 1. The Morgan fingerprint density at radius 2 is 2.24 bits per heavy atom. The van der Waals surface area contributed by atoms with Gasteiger partial charge in [0, 0.05) is 12.3 Å². The van der Waals surface area contributed by atoms with Crippen molar-refractivity contribution in [1.29, 1.82) is 0 Å². The molecule has 0 N–H and O–H groups in total. The number of nitrogens with zero attached hydrogens (tertiary/aromatic N) is 2. The number of fused-ring (bicyclic) bond motifs is 1. The molecule has 0 aliphatic heterocycles. The van der Waals surface area contributed by atoms with Crippen LogP contribution in [0.5, 0.6) is 0 Å². The third-order valence-electron chi connectivity index (χ3n) is 2.98. The number of carbonyl (C=O) groups is 1. The highest BCUT2D eigenvalue weighted by Gasteiger charge is 2.10. The number of hydrogen-bond acceptors (Lipinski definition) is 5. The first-order chi connectivity index (χ1) is 10.1. The molecule has 3 aromatic rings. The Labute approximate surface area is 119 Å². The molecule has 0 aliphatic rings. The molecule has 6 heteroatoms. The molecule has 0 saturated heterocycles. The van der Waals surface area contributed by atoms with Crippen molar-refractivity contribution in [2.45, 2.75) is 13.5 Å². The quantitative estimate of drug-likeness (QED) is 0.687. The lowest BCUT2D eigenvalue weighted by atomic mass is 10.3. The Kier molecular flexibility index (Phi) is 3.27. The van der Waals surface area contributed by atoms with Gasteiger partial charge in [0.15, 0.2) is 0 Å². The SMILES string of the molecule is Cc1ccn2c(=O)cc(COC(=O)c3ccoc3)nc2c1. The van der Waals surface area contributed by atoms with Crippen LogP contribution in [0.2, 0.25) is 0 Å². The van der Waals surface area contributed by atoms with Gasteiger partial charge in [-0.1, -0.05) is 0 Å². The summed E-state index contributed by atoms with van der Waals surface area (Å²) in [7, 11) is 0. The Bertz CT molecular complexity index is 850. The lowest BCUT2D eigenvalue weighted by molar-refractivity contribution is 0.0467. The fourth-order valence-corrected chi connectivity index (χ4v) is 1.93. The second-order valence-electron chi connectivity index (χ2n) is 4.61. The monoisotopic (exact) mass is 284 g/mol. The average Bonchev–Trinajstić information content (AvgIpc) is 2.98. The van der Waals surface area contributed by atoms with Gasteiger partial charge in [0.25, 0.3) is 5.56 Å². The Hall–Kier alpha value is -2.89. The highest BCUT2D eigenvalue weighted by atomic mass is 16.5. The van der Waals surface area contributed by atoms with Crippen LogP contribution in [-0.2, 0) is 11.3 Å². The topological polar surface area (TPSA) is 73.8 Å². The summed E-state index contributed by atoms with van der Waals surface area (Å²) in [5.41, 5.74) is 2.03. The highest BCUT2D eigenvalue weighted by Crippen LogP contribution is 2.07. The van der Waals surface area contributed by atoms with E-state index >= 15 is 0 Å². The molecule has 3 rings (SSSR count). The molecule has 3 heterocycles. The molecule has 106 valence electrons. The van der Waals surface area contributed by atoms with Crippen molar-refractivity contribution in [1.82, 2.24) is 9.38 Å². The van der Waals surface area contributed by atoms with Crippen LogP contribution < -0.4 is 5.56 Å². The summed E-state index contributed by atoms with van der Waals surface area (Å²) < 4.78 is 11.3. The van der Waals surface area contributed by atoms with E-state index in [0.717, 1.165) is 5.56 Å². The van der Waals surface area contributed by atoms with Crippen LogP contribution in [-0.4, -0.2) is 15.4 Å². The molecule has 0 atom stereocenters. The second-order valence-corrected chi connectivity index (χ2v) is 4.61. The normalized spacial score (nSPS) is 10.7. The van der Waals surface area contributed by atoms with Gasteiger partial charge in [-0.3, -0.25) is 9.20 Å². The number of ether oxygens (including phenoxy) is 1. The van der Waals surface area contributed by atoms with Crippen molar-refractivity contribution in [3.8, 4) is 0 Å². The molecule has 0 bridgehead atoms. The Morgan fingerprint density at radius 3 is 3.00 bits per heavy atom. The zero-order valence-corrected chi connectivity index (χ0v) is 11.3. The molecule has 0 amide bonds. The summed E-state index contributed by atoms with van der Waals surface area (Å²) in [6, 6.07) is 6.48. The van der Waals surface area contributed by atoms with Gasteiger partial charge in [0.1, 0.15) is 18.5 Å². The van der Waals surface area contributed by atoms with E-state index in [1.54, 1.807) is 12.3 Å². The van der Waals surface area contributed by atoms with Gasteiger partial charge < -0.3 is 9.15 Å². The molecule has 6 nitrogen and oxygen atoms in total. The van der Waals surface area contributed by atoms with Gasteiger partial charge in [-0.15, -0.1) is 0 Å². The number of pyridine rings is 1. The molecule has 0 radical (unpaired) electrons. The lowest BCUT2D eigenvalue weighted by Crippen LogP contribution is -2.16. The standard InChI is InChI=1S/C15H12N2O4/c1-10-2-4-17-13(6-10)16-12(7-14(17)18)9-21-15(19)11-3-5-20-8-11/h2-8H,9H2,1H3. The van der Waals surface area contributed by atoms with E-state index in [-0.39, 0.29) is 12.2 Å². The number of esters is 1. The molecule has 3 aromatic heterocycles. The maximum Gasteiger partial charge on any atom is 0.341 e. The van der Waals surface area contributed by atoms with Crippen molar-refractivity contribution in [3.05, 3.63) is 70.2 Å². The van der Waals surface area contributed by atoms with Crippen molar-refractivity contribution in [2.24, 2.45) is 0 Å². The second kappa shape index (κ2) is 5.24. The van der Waals surface area contributed by atoms with E-state index in [1.807, 2.05) is 13.0 Å². The number of rotatable bonds is 3. The summed E-state index contributed by atoms with van der Waals surface area (Å²) in [5, 5.41) is 0. The molecular formula is C15H12N2O4. The van der Waals surface area contributed by atoms with Gasteiger partial charge in [0.2, 0.25) is 0 Å². The third kappa shape index (κ3) is 2.69. The first-order valence-corrected chi connectivity index (χ1v) is 6.32. The van der Waals surface area contributed by atoms with Gasteiger partial charge >= 0.3 is 5.97 Å². The van der Waals surface area contributed by atoms with E-state index in [1.165, 1.54) is 29.1 Å². The maximum absolute atomic E-state index is 12.0. The van der Waals surface area contributed by atoms with Crippen LogP contribution in [0.4, 0.5) is 0 Å². The van der Waals surface area contributed by atoms with Gasteiger partial charge in [-0.2, -0.15) is 0 Å². The van der Waals surface area contributed by atoms with Gasteiger partial charge in [-0.25, -0.2) is 9.78 Å². The smallest absolute Gasteiger partial charge is 0.341 e. The van der Waals surface area contributed by atoms with E-state index in [0.29, 0.717) is 16.9 Å². The molecule has 0 spiro atoms. The number of furan rings is 1. The van der Waals surface area contributed by atoms with Crippen LogP contribution in [0.1, 0.15) is 21.6 Å². The molecule has 0 unspecified atom stereocenters. The molecule has 0 aliphatic carbocycles. The fourth-order valence-electron chi connectivity index (χ4n) is 1.93.